The van der Waals surface area contributed by atoms with Gasteiger partial charge in [-0.2, -0.15) is 13.2 Å². The van der Waals surface area contributed by atoms with Crippen LogP contribution in [0.3, 0.4) is 0 Å². The molecule has 8 heteroatoms. The number of pyridine rings is 1. The minimum atomic E-state index is -4.83. The lowest BCUT2D eigenvalue weighted by molar-refractivity contribution is -0.140. The Morgan fingerprint density at radius 1 is 1.14 bits per heavy atom. The molecule has 1 unspecified atom stereocenters. The van der Waals surface area contributed by atoms with Crippen LogP contribution in [0, 0.1) is 11.6 Å². The highest BCUT2D eigenvalue weighted by Gasteiger charge is 2.35. The van der Waals surface area contributed by atoms with E-state index < -0.39 is 29.4 Å². The van der Waals surface area contributed by atoms with E-state index in [9.17, 15) is 22.0 Å². The molecule has 0 aliphatic carbocycles. The van der Waals surface area contributed by atoms with Gasteiger partial charge in [-0.3, -0.25) is 10.8 Å². The summed E-state index contributed by atoms with van der Waals surface area (Å²) in [6.45, 7) is 0. The Hall–Kier alpha value is -2.06. The number of rotatable bonds is 3. The van der Waals surface area contributed by atoms with E-state index in [0.717, 1.165) is 24.4 Å². The molecule has 0 spiro atoms. The maximum Gasteiger partial charge on any atom is 0.419 e. The standard InChI is InChI=1S/C13H10F5N3/c14-8-4-7(5-20-6-8)12(21-19)9-2-1-3-10(11(9)15)13(16,17)18/h1-6,12,21H,19H2. The molecule has 0 saturated heterocycles. The predicted octanol–water partition coefficient (Wildman–Crippen LogP) is 2.93. The summed E-state index contributed by atoms with van der Waals surface area (Å²) >= 11 is 0. The number of halogens is 5. The molecule has 1 aromatic carbocycles. The van der Waals surface area contributed by atoms with E-state index in [1.54, 1.807) is 0 Å². The van der Waals surface area contributed by atoms with E-state index in [1.807, 2.05) is 0 Å². The van der Waals surface area contributed by atoms with Crippen LogP contribution in [0.15, 0.2) is 36.7 Å². The maximum absolute atomic E-state index is 14.1. The van der Waals surface area contributed by atoms with Gasteiger partial charge in [-0.05, 0) is 17.7 Å². The fourth-order valence-electron chi connectivity index (χ4n) is 1.94. The van der Waals surface area contributed by atoms with Gasteiger partial charge < -0.3 is 0 Å². The van der Waals surface area contributed by atoms with Crippen molar-refractivity contribution in [1.82, 2.24) is 10.4 Å². The zero-order valence-corrected chi connectivity index (χ0v) is 10.5. The Bertz CT molecular complexity index is 642. The van der Waals surface area contributed by atoms with Crippen LogP contribution in [0.4, 0.5) is 22.0 Å². The van der Waals surface area contributed by atoms with Gasteiger partial charge in [0.1, 0.15) is 11.6 Å². The number of hydrazine groups is 1. The second-order valence-electron chi connectivity index (χ2n) is 4.24. The third-order valence-electron chi connectivity index (χ3n) is 2.87. The van der Waals surface area contributed by atoms with Gasteiger partial charge in [0.2, 0.25) is 0 Å². The Morgan fingerprint density at radius 2 is 1.86 bits per heavy atom. The molecule has 2 aromatic rings. The van der Waals surface area contributed by atoms with Crippen molar-refractivity contribution in [3.8, 4) is 0 Å². The quantitative estimate of drug-likeness (QED) is 0.521. The average Bonchev–Trinajstić information content (AvgIpc) is 2.40. The molecule has 112 valence electrons. The van der Waals surface area contributed by atoms with Crippen molar-refractivity contribution < 1.29 is 22.0 Å². The molecule has 2 rings (SSSR count). The fourth-order valence-corrected chi connectivity index (χ4v) is 1.94. The summed E-state index contributed by atoms with van der Waals surface area (Å²) in [5, 5.41) is 0. The Labute approximate surface area is 116 Å². The van der Waals surface area contributed by atoms with E-state index in [1.165, 1.54) is 6.20 Å². The fraction of sp³-hybridized carbons (Fsp3) is 0.154. The van der Waals surface area contributed by atoms with E-state index >= 15 is 0 Å². The molecule has 3 nitrogen and oxygen atoms in total. The topological polar surface area (TPSA) is 50.9 Å². The number of hydrogen-bond acceptors (Lipinski definition) is 3. The van der Waals surface area contributed by atoms with Gasteiger partial charge in [0.25, 0.3) is 0 Å². The minimum Gasteiger partial charge on any atom is -0.271 e. The Kier molecular flexibility index (Phi) is 4.19. The number of nitrogens with one attached hydrogen (secondary N) is 1. The van der Waals surface area contributed by atoms with Crippen molar-refractivity contribution in [2.75, 3.05) is 0 Å². The molecule has 0 amide bonds. The molecule has 1 aromatic heterocycles. The molecule has 1 heterocycles. The van der Waals surface area contributed by atoms with Gasteiger partial charge >= 0.3 is 6.18 Å². The summed E-state index contributed by atoms with van der Waals surface area (Å²) in [6.07, 6.45) is -2.73. The normalized spacial score (nSPS) is 13.2. The van der Waals surface area contributed by atoms with Gasteiger partial charge in [-0.25, -0.2) is 14.2 Å². The number of alkyl halides is 3. The Balaban J connectivity index is 2.54. The number of hydrogen-bond donors (Lipinski definition) is 2. The van der Waals surface area contributed by atoms with Crippen LogP contribution in [-0.4, -0.2) is 4.98 Å². The lowest BCUT2D eigenvalue weighted by Gasteiger charge is -2.19. The van der Waals surface area contributed by atoms with Gasteiger partial charge in [0.05, 0.1) is 17.8 Å². The molecule has 0 aliphatic heterocycles. The third-order valence-corrected chi connectivity index (χ3v) is 2.87. The lowest BCUT2D eigenvalue weighted by Crippen LogP contribution is -2.30. The summed E-state index contributed by atoms with van der Waals surface area (Å²) in [5.41, 5.74) is 0.515. The molecule has 0 saturated carbocycles. The lowest BCUT2D eigenvalue weighted by atomic mass is 9.98. The number of benzene rings is 1. The first-order chi connectivity index (χ1) is 9.84. The molecule has 0 fully saturated rings. The molecule has 3 N–H and O–H groups in total. The summed E-state index contributed by atoms with van der Waals surface area (Å²) in [6, 6.07) is 2.67. The Morgan fingerprint density at radius 3 is 2.43 bits per heavy atom. The molecule has 21 heavy (non-hydrogen) atoms. The first kappa shape index (κ1) is 15.3. The second-order valence-corrected chi connectivity index (χ2v) is 4.24. The van der Waals surface area contributed by atoms with Crippen molar-refractivity contribution in [1.29, 1.82) is 0 Å². The largest absolute Gasteiger partial charge is 0.419 e. The maximum atomic E-state index is 14.1. The summed E-state index contributed by atoms with van der Waals surface area (Å²) in [5.74, 6) is 3.10. The molecular weight excluding hydrogens is 293 g/mol. The molecule has 0 aliphatic rings. The highest BCUT2D eigenvalue weighted by molar-refractivity contribution is 5.35. The van der Waals surface area contributed by atoms with Gasteiger partial charge in [-0.15, -0.1) is 0 Å². The van der Waals surface area contributed by atoms with E-state index in [-0.39, 0.29) is 11.1 Å². The van der Waals surface area contributed by atoms with Crippen LogP contribution >= 0.6 is 0 Å². The van der Waals surface area contributed by atoms with Gasteiger partial charge in [0.15, 0.2) is 0 Å². The molecule has 0 radical (unpaired) electrons. The average molecular weight is 303 g/mol. The predicted molar refractivity (Wildman–Crippen MR) is 64.8 cm³/mol. The highest BCUT2D eigenvalue weighted by Crippen LogP contribution is 2.35. The van der Waals surface area contributed by atoms with Crippen LogP contribution in [0.25, 0.3) is 0 Å². The number of nitrogens with two attached hydrogens (primary N) is 1. The van der Waals surface area contributed by atoms with Crippen molar-refractivity contribution in [3.05, 3.63) is 65.0 Å². The second kappa shape index (κ2) is 5.74. The van der Waals surface area contributed by atoms with Crippen molar-refractivity contribution in [2.45, 2.75) is 12.2 Å². The smallest absolute Gasteiger partial charge is 0.271 e. The number of aromatic nitrogens is 1. The SMILES string of the molecule is NNC(c1cncc(F)c1)c1cccc(C(F)(F)F)c1F. The van der Waals surface area contributed by atoms with Crippen LogP contribution < -0.4 is 11.3 Å². The zero-order chi connectivity index (χ0) is 15.6. The first-order valence-corrected chi connectivity index (χ1v) is 5.76. The van der Waals surface area contributed by atoms with Crippen molar-refractivity contribution in [2.24, 2.45) is 5.84 Å². The van der Waals surface area contributed by atoms with Gasteiger partial charge in [0, 0.05) is 11.8 Å². The van der Waals surface area contributed by atoms with E-state index in [2.05, 4.69) is 10.4 Å². The molecular formula is C13H10F5N3. The summed E-state index contributed by atoms with van der Waals surface area (Å²) in [7, 11) is 0. The number of nitrogens with zero attached hydrogens (tertiary/aromatic N) is 1. The van der Waals surface area contributed by atoms with E-state index in [4.69, 9.17) is 5.84 Å². The van der Waals surface area contributed by atoms with Crippen LogP contribution in [0.2, 0.25) is 0 Å². The van der Waals surface area contributed by atoms with Gasteiger partial charge in [-0.1, -0.05) is 12.1 Å². The molecule has 0 bridgehead atoms. The monoisotopic (exact) mass is 303 g/mol. The van der Waals surface area contributed by atoms with E-state index in [0.29, 0.717) is 6.07 Å². The summed E-state index contributed by atoms with van der Waals surface area (Å²) in [4.78, 5) is 3.56. The third kappa shape index (κ3) is 3.17. The van der Waals surface area contributed by atoms with Crippen molar-refractivity contribution in [3.63, 3.8) is 0 Å². The minimum absolute atomic E-state index is 0.107. The van der Waals surface area contributed by atoms with Crippen molar-refractivity contribution >= 4 is 0 Å². The zero-order valence-electron chi connectivity index (χ0n) is 10.5. The van der Waals surface area contributed by atoms with Crippen LogP contribution in [0.1, 0.15) is 22.7 Å². The van der Waals surface area contributed by atoms with Crippen LogP contribution in [0.5, 0.6) is 0 Å². The van der Waals surface area contributed by atoms with Crippen LogP contribution in [-0.2, 0) is 6.18 Å². The highest BCUT2D eigenvalue weighted by atomic mass is 19.4. The first-order valence-electron chi connectivity index (χ1n) is 5.76. The summed E-state index contributed by atoms with van der Waals surface area (Å²) < 4.78 is 65.3. The molecule has 1 atom stereocenters.